The van der Waals surface area contributed by atoms with Gasteiger partial charge in [0.05, 0.1) is 6.61 Å². The topological polar surface area (TPSA) is 48.1 Å². The predicted molar refractivity (Wildman–Crippen MR) is 83.0 cm³/mol. The third-order valence-electron chi connectivity index (χ3n) is 3.50. The van der Waals surface area contributed by atoms with E-state index in [-0.39, 0.29) is 6.04 Å². The number of hydrogen-bond acceptors (Lipinski definition) is 3. The molecule has 20 heavy (non-hydrogen) atoms. The summed E-state index contributed by atoms with van der Waals surface area (Å²) >= 11 is 3.56. The molecule has 1 aromatic carbocycles. The third kappa shape index (κ3) is 3.02. The number of aromatic nitrogens is 1. The highest BCUT2D eigenvalue weighted by Crippen LogP contribution is 2.33. The van der Waals surface area contributed by atoms with Crippen LogP contribution in [0.1, 0.15) is 16.8 Å². The summed E-state index contributed by atoms with van der Waals surface area (Å²) < 4.78 is 6.84. The molecule has 1 unspecified atom stereocenters. The van der Waals surface area contributed by atoms with E-state index in [1.54, 1.807) is 0 Å². The van der Waals surface area contributed by atoms with E-state index in [1.165, 1.54) is 11.1 Å². The molecule has 2 aromatic rings. The molecule has 2 N–H and O–H groups in total. The van der Waals surface area contributed by atoms with Crippen LogP contribution in [0.4, 0.5) is 0 Å². The van der Waals surface area contributed by atoms with Gasteiger partial charge < -0.3 is 10.5 Å². The molecule has 1 aliphatic heterocycles. The molecule has 2 heterocycles. The minimum Gasteiger partial charge on any atom is -0.493 e. The quantitative estimate of drug-likeness (QED) is 0.936. The van der Waals surface area contributed by atoms with Gasteiger partial charge in [-0.15, -0.1) is 0 Å². The van der Waals surface area contributed by atoms with Crippen LogP contribution in [0, 0.1) is 0 Å². The monoisotopic (exact) mass is 332 g/mol. The van der Waals surface area contributed by atoms with E-state index in [2.05, 4.69) is 33.0 Å². The molecule has 0 spiro atoms. The highest BCUT2D eigenvalue weighted by atomic mass is 79.9. The first-order valence-electron chi connectivity index (χ1n) is 6.82. The van der Waals surface area contributed by atoms with Crippen LogP contribution < -0.4 is 10.5 Å². The lowest BCUT2D eigenvalue weighted by molar-refractivity contribution is 0.352. The molecule has 0 aliphatic carbocycles. The molecule has 3 rings (SSSR count). The predicted octanol–water partition coefficient (Wildman–Crippen LogP) is 2.89. The third-order valence-corrected chi connectivity index (χ3v) is 3.96. The van der Waals surface area contributed by atoms with Crippen LogP contribution in [-0.2, 0) is 19.3 Å². The Bertz CT molecular complexity index is 601. The first-order valence-corrected chi connectivity index (χ1v) is 7.61. The summed E-state index contributed by atoms with van der Waals surface area (Å²) in [5.41, 5.74) is 9.77. The van der Waals surface area contributed by atoms with Gasteiger partial charge in [-0.1, -0.05) is 22.0 Å². The van der Waals surface area contributed by atoms with Crippen LogP contribution in [0.2, 0.25) is 0 Å². The number of nitrogens with two attached hydrogens (primary N) is 1. The first kappa shape index (κ1) is 13.6. The van der Waals surface area contributed by atoms with Crippen molar-refractivity contribution in [1.82, 2.24) is 4.98 Å². The molecule has 0 bridgehead atoms. The number of ether oxygens (including phenoxy) is 1. The Kier molecular flexibility index (Phi) is 4.03. The van der Waals surface area contributed by atoms with Crippen molar-refractivity contribution in [1.29, 1.82) is 0 Å². The van der Waals surface area contributed by atoms with E-state index < -0.39 is 0 Å². The van der Waals surface area contributed by atoms with Crippen molar-refractivity contribution in [3.8, 4) is 5.75 Å². The fourth-order valence-electron chi connectivity index (χ4n) is 2.64. The van der Waals surface area contributed by atoms with Gasteiger partial charge in [0.25, 0.3) is 0 Å². The van der Waals surface area contributed by atoms with Gasteiger partial charge in [0.2, 0.25) is 0 Å². The maximum absolute atomic E-state index is 6.27. The maximum Gasteiger partial charge on any atom is 0.125 e. The summed E-state index contributed by atoms with van der Waals surface area (Å²) in [7, 11) is 0. The van der Waals surface area contributed by atoms with E-state index in [0.29, 0.717) is 0 Å². The van der Waals surface area contributed by atoms with Gasteiger partial charge in [-0.3, -0.25) is 4.98 Å². The molecule has 0 saturated heterocycles. The van der Waals surface area contributed by atoms with Crippen LogP contribution in [-0.4, -0.2) is 17.6 Å². The largest absolute Gasteiger partial charge is 0.493 e. The number of rotatable bonds is 4. The normalized spacial score (nSPS) is 14.7. The summed E-state index contributed by atoms with van der Waals surface area (Å²) in [5, 5.41) is 0. The lowest BCUT2D eigenvalue weighted by Gasteiger charge is -2.14. The molecule has 0 radical (unpaired) electrons. The Morgan fingerprint density at radius 1 is 1.30 bits per heavy atom. The minimum atomic E-state index is 0.0486. The van der Waals surface area contributed by atoms with Crippen molar-refractivity contribution in [2.75, 3.05) is 6.61 Å². The molecule has 0 fully saturated rings. The van der Waals surface area contributed by atoms with Crippen LogP contribution in [0.3, 0.4) is 0 Å². The van der Waals surface area contributed by atoms with Gasteiger partial charge in [-0.25, -0.2) is 0 Å². The minimum absolute atomic E-state index is 0.0486. The zero-order valence-corrected chi connectivity index (χ0v) is 12.8. The Labute approximate surface area is 127 Å². The van der Waals surface area contributed by atoms with Crippen LogP contribution in [0.15, 0.2) is 41.0 Å². The second kappa shape index (κ2) is 5.94. The highest BCUT2D eigenvalue weighted by Gasteiger charge is 2.19. The summed E-state index contributed by atoms with van der Waals surface area (Å²) in [6, 6.07) is 10.2. The van der Waals surface area contributed by atoms with Gasteiger partial charge in [-0.2, -0.15) is 0 Å². The number of fused-ring (bicyclic) bond motifs is 1. The SMILES string of the molecule is NC(Cc1ccccn1)Cc1cc(Br)cc2c1OCC2. The number of nitrogens with zero attached hydrogens (tertiary/aromatic N) is 1. The Morgan fingerprint density at radius 3 is 3.00 bits per heavy atom. The lowest BCUT2D eigenvalue weighted by Crippen LogP contribution is -2.26. The lowest BCUT2D eigenvalue weighted by atomic mass is 9.99. The van der Waals surface area contributed by atoms with Gasteiger partial charge in [0.15, 0.2) is 0 Å². The standard InChI is InChI=1S/C16H17BrN2O/c17-13-7-11-4-6-20-16(11)12(8-13)9-14(18)10-15-3-1-2-5-19-15/h1-3,5,7-8,14H,4,6,9-10,18H2. The fraction of sp³-hybridized carbons (Fsp3) is 0.312. The summed E-state index contributed by atoms with van der Waals surface area (Å²) in [6.07, 6.45) is 4.37. The van der Waals surface area contributed by atoms with Gasteiger partial charge in [-0.05, 0) is 41.8 Å². The molecule has 1 atom stereocenters. The van der Waals surface area contributed by atoms with E-state index in [0.717, 1.165) is 41.8 Å². The van der Waals surface area contributed by atoms with Gasteiger partial charge in [0.1, 0.15) is 5.75 Å². The Balaban J connectivity index is 1.75. The highest BCUT2D eigenvalue weighted by molar-refractivity contribution is 9.10. The van der Waals surface area contributed by atoms with Crippen molar-refractivity contribution < 1.29 is 4.74 Å². The summed E-state index contributed by atoms with van der Waals surface area (Å²) in [6.45, 7) is 0.772. The zero-order chi connectivity index (χ0) is 13.9. The summed E-state index contributed by atoms with van der Waals surface area (Å²) in [4.78, 5) is 4.33. The van der Waals surface area contributed by atoms with Crippen LogP contribution in [0.25, 0.3) is 0 Å². The van der Waals surface area contributed by atoms with E-state index in [9.17, 15) is 0 Å². The molecule has 104 valence electrons. The molecule has 4 heteroatoms. The molecule has 0 saturated carbocycles. The summed E-state index contributed by atoms with van der Waals surface area (Å²) in [5.74, 6) is 1.03. The second-order valence-corrected chi connectivity index (χ2v) is 6.06. The van der Waals surface area contributed by atoms with Crippen molar-refractivity contribution in [2.24, 2.45) is 5.73 Å². The van der Waals surface area contributed by atoms with E-state index in [1.807, 2.05) is 24.4 Å². The van der Waals surface area contributed by atoms with Crippen molar-refractivity contribution in [2.45, 2.75) is 25.3 Å². The Hall–Kier alpha value is -1.39. The average molecular weight is 333 g/mol. The van der Waals surface area contributed by atoms with E-state index >= 15 is 0 Å². The average Bonchev–Trinajstić information content (AvgIpc) is 2.88. The Morgan fingerprint density at radius 2 is 2.20 bits per heavy atom. The van der Waals surface area contributed by atoms with Gasteiger partial charge >= 0.3 is 0 Å². The molecule has 0 amide bonds. The second-order valence-electron chi connectivity index (χ2n) is 5.14. The molecular formula is C16H17BrN2O. The van der Waals surface area contributed by atoms with Crippen molar-refractivity contribution >= 4 is 15.9 Å². The number of benzene rings is 1. The van der Waals surface area contributed by atoms with Crippen LogP contribution >= 0.6 is 15.9 Å². The molecule has 3 nitrogen and oxygen atoms in total. The van der Waals surface area contributed by atoms with Gasteiger partial charge in [0, 0.05) is 35.2 Å². The van der Waals surface area contributed by atoms with Crippen LogP contribution in [0.5, 0.6) is 5.75 Å². The van der Waals surface area contributed by atoms with E-state index in [4.69, 9.17) is 10.5 Å². The maximum atomic E-state index is 6.27. The number of halogens is 1. The number of pyridine rings is 1. The molecule has 1 aliphatic rings. The number of hydrogen-bond donors (Lipinski definition) is 1. The molecule has 1 aromatic heterocycles. The first-order chi connectivity index (χ1) is 9.72. The van der Waals surface area contributed by atoms with Crippen molar-refractivity contribution in [3.63, 3.8) is 0 Å². The van der Waals surface area contributed by atoms with Crippen molar-refractivity contribution in [3.05, 3.63) is 57.8 Å². The molecular weight excluding hydrogens is 316 g/mol. The smallest absolute Gasteiger partial charge is 0.125 e. The fourth-order valence-corrected chi connectivity index (χ4v) is 3.19. The zero-order valence-electron chi connectivity index (χ0n) is 11.2.